The lowest BCUT2D eigenvalue weighted by molar-refractivity contribution is 0.0955. The number of ether oxygens (including phenoxy) is 1. The zero-order valence-electron chi connectivity index (χ0n) is 23.1. The van der Waals surface area contributed by atoms with Crippen LogP contribution in [0.5, 0.6) is 5.75 Å². The fourth-order valence-electron chi connectivity index (χ4n) is 5.20. The summed E-state index contributed by atoms with van der Waals surface area (Å²) in [6.45, 7) is 8.41. The molecule has 0 bridgehead atoms. The van der Waals surface area contributed by atoms with E-state index in [1.54, 1.807) is 31.5 Å². The van der Waals surface area contributed by atoms with Gasteiger partial charge in [-0.25, -0.2) is 9.82 Å². The molecule has 2 heterocycles. The summed E-state index contributed by atoms with van der Waals surface area (Å²) >= 11 is 0. The lowest BCUT2D eigenvalue weighted by Gasteiger charge is -2.36. The van der Waals surface area contributed by atoms with Gasteiger partial charge in [0.25, 0.3) is 5.91 Å². The van der Waals surface area contributed by atoms with Crippen LogP contribution < -0.4 is 15.1 Å². The number of amides is 1. The van der Waals surface area contributed by atoms with E-state index in [4.69, 9.17) is 4.74 Å². The van der Waals surface area contributed by atoms with Crippen molar-refractivity contribution in [2.24, 2.45) is 5.10 Å². The summed E-state index contributed by atoms with van der Waals surface area (Å²) in [5, 5.41) is 4.16. The molecule has 8 heteroatoms. The summed E-state index contributed by atoms with van der Waals surface area (Å²) in [7, 11) is 1.71. The Morgan fingerprint density at radius 1 is 0.950 bits per heavy atom. The predicted octanol–water partition coefficient (Wildman–Crippen LogP) is 5.33. The molecule has 7 nitrogen and oxygen atoms in total. The molecule has 0 saturated carbocycles. The average Bonchev–Trinajstić information content (AvgIpc) is 3.26. The Morgan fingerprint density at radius 3 is 2.33 bits per heavy atom. The monoisotopic (exact) mass is 539 g/mol. The molecular weight excluding hydrogens is 505 g/mol. The van der Waals surface area contributed by atoms with E-state index in [0.29, 0.717) is 11.3 Å². The molecule has 1 N–H and O–H groups in total. The van der Waals surface area contributed by atoms with Crippen LogP contribution in [0.1, 0.15) is 32.9 Å². The van der Waals surface area contributed by atoms with Crippen LogP contribution >= 0.6 is 0 Å². The number of nitrogens with zero attached hydrogens (tertiary/aromatic N) is 4. The molecule has 0 unspecified atom stereocenters. The first kappa shape index (κ1) is 27.1. The molecule has 0 aliphatic carbocycles. The van der Waals surface area contributed by atoms with Crippen LogP contribution in [0.15, 0.2) is 84.0 Å². The Hall–Kier alpha value is -4.43. The minimum absolute atomic E-state index is 0.281. The average molecular weight is 540 g/mol. The lowest BCUT2D eigenvalue weighted by Crippen LogP contribution is -2.46. The summed E-state index contributed by atoms with van der Waals surface area (Å²) in [6, 6.07) is 24.4. The van der Waals surface area contributed by atoms with Crippen molar-refractivity contribution in [1.82, 2.24) is 14.9 Å². The number of para-hydroxylation sites is 3. The van der Waals surface area contributed by atoms with Gasteiger partial charge in [-0.2, -0.15) is 5.10 Å². The Bertz CT molecular complexity index is 1500. The second kappa shape index (κ2) is 12.2. The van der Waals surface area contributed by atoms with Crippen LogP contribution in [0.25, 0.3) is 5.69 Å². The molecule has 1 aliphatic heterocycles. The van der Waals surface area contributed by atoms with E-state index in [0.717, 1.165) is 66.7 Å². The topological polar surface area (TPSA) is 62.1 Å². The Labute approximate surface area is 234 Å². The van der Waals surface area contributed by atoms with E-state index >= 15 is 0 Å². The van der Waals surface area contributed by atoms with Gasteiger partial charge in [-0.3, -0.25) is 9.69 Å². The van der Waals surface area contributed by atoms with Gasteiger partial charge in [-0.1, -0.05) is 36.4 Å². The molecule has 0 spiro atoms. The van der Waals surface area contributed by atoms with Crippen molar-refractivity contribution in [2.45, 2.75) is 20.4 Å². The maximum atomic E-state index is 14.3. The highest BCUT2D eigenvalue weighted by molar-refractivity contribution is 5.95. The smallest absolute Gasteiger partial charge is 0.271 e. The van der Waals surface area contributed by atoms with Crippen LogP contribution in [0.2, 0.25) is 0 Å². The molecule has 5 rings (SSSR count). The standard InChI is InChI=1S/C32H34FN5O2/c1-23-20-27(24(2)38(23)29-9-5-4-8-28(29)33)21-34-35-32(39)26-14-12-25(13-15-26)22-36-16-18-37(19-17-36)30-10-6-7-11-31(30)40-3/h4-15,20-21H,16-19,22H2,1-3H3,(H,35,39)/b34-21-. The number of carbonyl (C=O) groups excluding carboxylic acids is 1. The maximum absolute atomic E-state index is 14.3. The Kier molecular flexibility index (Phi) is 8.26. The molecule has 1 saturated heterocycles. The van der Waals surface area contributed by atoms with Gasteiger partial charge < -0.3 is 14.2 Å². The SMILES string of the molecule is COc1ccccc1N1CCN(Cc2ccc(C(=O)N/N=C\c3cc(C)n(-c4ccccc4F)c3C)cc2)CC1. The minimum Gasteiger partial charge on any atom is -0.495 e. The van der Waals surface area contributed by atoms with E-state index < -0.39 is 0 Å². The molecule has 1 aliphatic rings. The molecule has 3 aromatic carbocycles. The first-order valence-electron chi connectivity index (χ1n) is 13.4. The molecule has 4 aromatic rings. The van der Waals surface area contributed by atoms with Crippen molar-refractivity contribution in [2.75, 3.05) is 38.2 Å². The fraction of sp³-hybridized carbons (Fsp3) is 0.250. The maximum Gasteiger partial charge on any atom is 0.271 e. The van der Waals surface area contributed by atoms with Crippen molar-refractivity contribution in [3.63, 3.8) is 0 Å². The van der Waals surface area contributed by atoms with Gasteiger partial charge in [0.2, 0.25) is 0 Å². The Morgan fingerprint density at radius 2 is 1.62 bits per heavy atom. The number of hydrazone groups is 1. The number of anilines is 1. The van der Waals surface area contributed by atoms with Gasteiger partial charge in [0.1, 0.15) is 11.6 Å². The lowest BCUT2D eigenvalue weighted by atomic mass is 10.1. The molecular formula is C32H34FN5O2. The van der Waals surface area contributed by atoms with Crippen LogP contribution in [0.4, 0.5) is 10.1 Å². The van der Waals surface area contributed by atoms with Gasteiger partial charge >= 0.3 is 0 Å². The number of hydrogen-bond acceptors (Lipinski definition) is 5. The minimum atomic E-state index is -0.292. The molecule has 0 atom stereocenters. The van der Waals surface area contributed by atoms with Gasteiger partial charge in [0.05, 0.1) is 24.7 Å². The highest BCUT2D eigenvalue weighted by Crippen LogP contribution is 2.28. The first-order valence-corrected chi connectivity index (χ1v) is 13.4. The van der Waals surface area contributed by atoms with Crippen LogP contribution in [-0.4, -0.2) is 54.9 Å². The van der Waals surface area contributed by atoms with Gasteiger partial charge in [0, 0.05) is 55.2 Å². The molecule has 1 fully saturated rings. The van der Waals surface area contributed by atoms with Crippen LogP contribution in [-0.2, 0) is 6.54 Å². The van der Waals surface area contributed by atoms with E-state index in [9.17, 15) is 9.18 Å². The number of aromatic nitrogens is 1. The van der Waals surface area contributed by atoms with E-state index in [2.05, 4.69) is 26.4 Å². The third-order valence-corrected chi connectivity index (χ3v) is 7.35. The molecule has 0 radical (unpaired) electrons. The number of carbonyl (C=O) groups is 1. The van der Waals surface area contributed by atoms with Crippen molar-refractivity contribution < 1.29 is 13.9 Å². The quantitative estimate of drug-likeness (QED) is 0.243. The predicted molar refractivity (Wildman–Crippen MR) is 157 cm³/mol. The number of halogens is 1. The van der Waals surface area contributed by atoms with Gasteiger partial charge in [-0.15, -0.1) is 0 Å². The van der Waals surface area contributed by atoms with E-state index in [1.807, 2.05) is 66.9 Å². The summed E-state index contributed by atoms with van der Waals surface area (Å²) in [5.41, 5.74) is 8.46. The largest absolute Gasteiger partial charge is 0.495 e. The van der Waals surface area contributed by atoms with Crippen molar-refractivity contribution in [3.8, 4) is 11.4 Å². The molecule has 1 amide bonds. The number of methoxy groups -OCH3 is 1. The molecule has 40 heavy (non-hydrogen) atoms. The summed E-state index contributed by atoms with van der Waals surface area (Å²) < 4.78 is 21.7. The third kappa shape index (κ3) is 5.92. The number of nitrogens with one attached hydrogen (secondary N) is 1. The highest BCUT2D eigenvalue weighted by atomic mass is 19.1. The second-order valence-electron chi connectivity index (χ2n) is 9.94. The van der Waals surface area contributed by atoms with Crippen molar-refractivity contribution in [1.29, 1.82) is 0 Å². The van der Waals surface area contributed by atoms with Crippen LogP contribution in [0, 0.1) is 19.7 Å². The number of benzene rings is 3. The zero-order chi connectivity index (χ0) is 28.1. The molecule has 1 aromatic heterocycles. The second-order valence-corrected chi connectivity index (χ2v) is 9.94. The van der Waals surface area contributed by atoms with Gasteiger partial charge in [-0.05, 0) is 61.9 Å². The Balaban J connectivity index is 1.14. The summed E-state index contributed by atoms with van der Waals surface area (Å²) in [6.07, 6.45) is 1.59. The number of aryl methyl sites for hydroxylation is 1. The van der Waals surface area contributed by atoms with E-state index in [-0.39, 0.29) is 11.7 Å². The summed E-state index contributed by atoms with van der Waals surface area (Å²) in [4.78, 5) is 17.5. The number of rotatable bonds is 8. The summed E-state index contributed by atoms with van der Waals surface area (Å²) in [5.74, 6) is 0.330. The number of hydrogen-bond donors (Lipinski definition) is 1. The normalized spacial score (nSPS) is 14.1. The van der Waals surface area contributed by atoms with Crippen LogP contribution in [0.3, 0.4) is 0 Å². The fourth-order valence-corrected chi connectivity index (χ4v) is 5.20. The van der Waals surface area contributed by atoms with Crippen molar-refractivity contribution in [3.05, 3.63) is 113 Å². The number of piperazine rings is 1. The van der Waals surface area contributed by atoms with E-state index in [1.165, 1.54) is 6.07 Å². The molecule has 206 valence electrons. The first-order chi connectivity index (χ1) is 19.4. The highest BCUT2D eigenvalue weighted by Gasteiger charge is 2.20. The zero-order valence-corrected chi connectivity index (χ0v) is 23.1. The third-order valence-electron chi connectivity index (χ3n) is 7.35. The van der Waals surface area contributed by atoms with Gasteiger partial charge in [0.15, 0.2) is 0 Å². The van der Waals surface area contributed by atoms with Crippen molar-refractivity contribution >= 4 is 17.8 Å².